The van der Waals surface area contributed by atoms with Crippen molar-refractivity contribution in [1.82, 2.24) is 14.8 Å². The topological polar surface area (TPSA) is 66.7 Å². The predicted octanol–water partition coefficient (Wildman–Crippen LogP) is 4.68. The number of aromatic hydroxyl groups is 1. The van der Waals surface area contributed by atoms with Crippen LogP contribution in [-0.2, 0) is 6.42 Å². The Balaban J connectivity index is 1.45. The molecule has 0 bridgehead atoms. The fraction of sp³-hybridized carbons (Fsp3) is 0.444. The highest BCUT2D eigenvalue weighted by molar-refractivity contribution is 6.09. The number of phenols is 1. The number of carbonyl (C=O) groups is 1. The van der Waals surface area contributed by atoms with Crippen molar-refractivity contribution in [2.75, 3.05) is 26.7 Å². The number of carbonyl (C=O) groups excluding carboxylic acids is 1. The van der Waals surface area contributed by atoms with Crippen molar-refractivity contribution in [2.45, 2.75) is 52.1 Å². The maximum atomic E-state index is 13.4. The second kappa shape index (κ2) is 9.87. The van der Waals surface area contributed by atoms with E-state index in [0.717, 1.165) is 55.5 Å². The standard InChI is InChI=1S/C27H35N3O3/c1-18(2)30-19(3)26(22-16-24(31)25(33-4)17-23(22)30)27(32)28-21-11-14-29(15-12-21)13-10-20-8-6-5-7-9-20/h5-9,16-18,21,31H,10-15H2,1-4H3,(H,28,32). The molecule has 33 heavy (non-hydrogen) atoms. The summed E-state index contributed by atoms with van der Waals surface area (Å²) in [5.41, 5.74) is 3.82. The van der Waals surface area contributed by atoms with E-state index in [2.05, 4.69) is 59.0 Å². The number of likely N-dealkylation sites (tertiary alicyclic amines) is 1. The normalized spacial score (nSPS) is 15.3. The Morgan fingerprint density at radius 1 is 1.18 bits per heavy atom. The summed E-state index contributed by atoms with van der Waals surface area (Å²) in [6.07, 6.45) is 2.95. The molecule has 0 radical (unpaired) electrons. The first-order valence-electron chi connectivity index (χ1n) is 11.9. The third kappa shape index (κ3) is 4.86. The molecule has 1 aromatic heterocycles. The Kier molecular flexibility index (Phi) is 6.94. The molecular formula is C27H35N3O3. The molecule has 0 aliphatic carbocycles. The molecule has 2 heterocycles. The molecule has 2 aromatic carbocycles. The van der Waals surface area contributed by atoms with E-state index in [9.17, 15) is 9.90 Å². The number of benzene rings is 2. The van der Waals surface area contributed by atoms with Gasteiger partial charge >= 0.3 is 0 Å². The Morgan fingerprint density at radius 2 is 1.88 bits per heavy atom. The van der Waals surface area contributed by atoms with Crippen LogP contribution in [0.1, 0.15) is 54.3 Å². The minimum atomic E-state index is -0.0656. The molecule has 1 amide bonds. The van der Waals surface area contributed by atoms with E-state index in [1.54, 1.807) is 6.07 Å². The summed E-state index contributed by atoms with van der Waals surface area (Å²) in [4.78, 5) is 15.9. The SMILES string of the molecule is COc1cc2c(cc1O)c(C(=O)NC1CCN(CCc3ccccc3)CC1)c(C)n2C(C)C. The Labute approximate surface area is 196 Å². The monoisotopic (exact) mass is 449 g/mol. The molecule has 1 saturated heterocycles. The first kappa shape index (κ1) is 23.2. The Bertz CT molecular complexity index is 1110. The van der Waals surface area contributed by atoms with Gasteiger partial charge in [-0.05, 0) is 51.7 Å². The number of nitrogens with zero attached hydrogens (tertiary/aromatic N) is 2. The van der Waals surface area contributed by atoms with Crippen LogP contribution in [0.4, 0.5) is 0 Å². The lowest BCUT2D eigenvalue weighted by atomic mass is 10.0. The molecule has 1 aliphatic rings. The number of methoxy groups -OCH3 is 1. The number of hydrogen-bond donors (Lipinski definition) is 2. The minimum absolute atomic E-state index is 0.0479. The fourth-order valence-corrected chi connectivity index (χ4v) is 5.06. The minimum Gasteiger partial charge on any atom is -0.504 e. The maximum Gasteiger partial charge on any atom is 0.253 e. The number of phenolic OH excluding ortho intramolecular Hbond substituents is 1. The lowest BCUT2D eigenvalue weighted by Gasteiger charge is -2.32. The number of rotatable bonds is 7. The van der Waals surface area contributed by atoms with E-state index in [-0.39, 0.29) is 23.7 Å². The van der Waals surface area contributed by atoms with E-state index < -0.39 is 0 Å². The van der Waals surface area contributed by atoms with Crippen LogP contribution < -0.4 is 10.1 Å². The number of nitrogens with one attached hydrogen (secondary N) is 1. The Morgan fingerprint density at radius 3 is 2.52 bits per heavy atom. The van der Waals surface area contributed by atoms with Gasteiger partial charge in [-0.15, -0.1) is 0 Å². The number of amides is 1. The fourth-order valence-electron chi connectivity index (χ4n) is 5.06. The van der Waals surface area contributed by atoms with E-state index >= 15 is 0 Å². The van der Waals surface area contributed by atoms with Crippen LogP contribution in [0.2, 0.25) is 0 Å². The van der Waals surface area contributed by atoms with Crippen molar-refractivity contribution in [2.24, 2.45) is 0 Å². The van der Waals surface area contributed by atoms with Crippen LogP contribution in [0.25, 0.3) is 10.9 Å². The van der Waals surface area contributed by atoms with E-state index in [1.165, 1.54) is 12.7 Å². The summed E-state index contributed by atoms with van der Waals surface area (Å²) in [6, 6.07) is 14.4. The molecule has 0 unspecified atom stereocenters. The van der Waals surface area contributed by atoms with Crippen molar-refractivity contribution in [3.8, 4) is 11.5 Å². The second-order valence-corrected chi connectivity index (χ2v) is 9.29. The summed E-state index contributed by atoms with van der Waals surface area (Å²) in [7, 11) is 1.54. The first-order valence-corrected chi connectivity index (χ1v) is 11.9. The molecule has 0 saturated carbocycles. The van der Waals surface area contributed by atoms with Gasteiger partial charge in [0.1, 0.15) is 0 Å². The highest BCUT2D eigenvalue weighted by Crippen LogP contribution is 2.37. The van der Waals surface area contributed by atoms with Gasteiger partial charge in [-0.2, -0.15) is 0 Å². The number of hydrogen-bond acceptors (Lipinski definition) is 4. The second-order valence-electron chi connectivity index (χ2n) is 9.29. The lowest BCUT2D eigenvalue weighted by molar-refractivity contribution is 0.0912. The van der Waals surface area contributed by atoms with Gasteiger partial charge in [0.25, 0.3) is 5.91 Å². The summed E-state index contributed by atoms with van der Waals surface area (Å²) >= 11 is 0. The average Bonchev–Trinajstić information content (AvgIpc) is 3.09. The summed E-state index contributed by atoms with van der Waals surface area (Å²) in [5, 5.41) is 14.4. The molecule has 176 valence electrons. The third-order valence-electron chi connectivity index (χ3n) is 6.78. The van der Waals surface area contributed by atoms with Gasteiger partial charge in [-0.3, -0.25) is 4.79 Å². The summed E-state index contributed by atoms with van der Waals surface area (Å²) < 4.78 is 7.45. The Hall–Kier alpha value is -2.99. The van der Waals surface area contributed by atoms with Crippen molar-refractivity contribution in [3.63, 3.8) is 0 Å². The van der Waals surface area contributed by atoms with Gasteiger partial charge in [0.2, 0.25) is 0 Å². The van der Waals surface area contributed by atoms with Gasteiger partial charge in [-0.25, -0.2) is 0 Å². The van der Waals surface area contributed by atoms with E-state index in [1.807, 2.05) is 13.0 Å². The highest BCUT2D eigenvalue weighted by atomic mass is 16.5. The van der Waals surface area contributed by atoms with Crippen molar-refractivity contribution in [3.05, 3.63) is 59.3 Å². The molecule has 4 rings (SSSR count). The molecule has 1 fully saturated rings. The number of piperidine rings is 1. The van der Waals surface area contributed by atoms with Gasteiger partial charge < -0.3 is 24.6 Å². The average molecular weight is 450 g/mol. The summed E-state index contributed by atoms with van der Waals surface area (Å²) in [6.45, 7) is 9.19. The predicted molar refractivity (Wildman–Crippen MR) is 132 cm³/mol. The van der Waals surface area contributed by atoms with Gasteiger partial charge in [0.15, 0.2) is 11.5 Å². The van der Waals surface area contributed by atoms with Crippen molar-refractivity contribution in [1.29, 1.82) is 0 Å². The van der Waals surface area contributed by atoms with Crippen LogP contribution in [0.3, 0.4) is 0 Å². The molecule has 6 nitrogen and oxygen atoms in total. The molecule has 6 heteroatoms. The molecule has 2 N–H and O–H groups in total. The van der Waals surface area contributed by atoms with Crippen LogP contribution in [0.5, 0.6) is 11.5 Å². The smallest absolute Gasteiger partial charge is 0.253 e. The van der Waals surface area contributed by atoms with Crippen LogP contribution >= 0.6 is 0 Å². The molecule has 0 atom stereocenters. The van der Waals surface area contributed by atoms with E-state index in [0.29, 0.717) is 11.3 Å². The lowest BCUT2D eigenvalue weighted by Crippen LogP contribution is -2.45. The van der Waals surface area contributed by atoms with Gasteiger partial charge in [-0.1, -0.05) is 30.3 Å². The molecule has 3 aromatic rings. The molecular weight excluding hydrogens is 414 g/mol. The zero-order valence-electron chi connectivity index (χ0n) is 20.1. The first-order chi connectivity index (χ1) is 15.9. The van der Waals surface area contributed by atoms with E-state index in [4.69, 9.17) is 4.74 Å². The van der Waals surface area contributed by atoms with Crippen LogP contribution in [0, 0.1) is 6.92 Å². The zero-order valence-corrected chi connectivity index (χ0v) is 20.1. The maximum absolute atomic E-state index is 13.4. The van der Waals surface area contributed by atoms with Crippen molar-refractivity contribution < 1.29 is 14.6 Å². The number of fused-ring (bicyclic) bond motifs is 1. The zero-order chi connectivity index (χ0) is 23.5. The number of ether oxygens (including phenoxy) is 1. The number of aromatic nitrogens is 1. The molecule has 1 aliphatic heterocycles. The quantitative estimate of drug-likeness (QED) is 0.550. The van der Waals surface area contributed by atoms with Gasteiger partial charge in [0, 0.05) is 48.9 Å². The van der Waals surface area contributed by atoms with Crippen LogP contribution in [0.15, 0.2) is 42.5 Å². The third-order valence-corrected chi connectivity index (χ3v) is 6.78. The largest absolute Gasteiger partial charge is 0.504 e. The summed E-state index contributed by atoms with van der Waals surface area (Å²) in [5.74, 6) is 0.396. The van der Waals surface area contributed by atoms with Crippen LogP contribution in [-0.4, -0.2) is 53.3 Å². The van der Waals surface area contributed by atoms with Gasteiger partial charge in [0.05, 0.1) is 18.2 Å². The highest BCUT2D eigenvalue weighted by Gasteiger charge is 2.26. The van der Waals surface area contributed by atoms with Crippen molar-refractivity contribution >= 4 is 16.8 Å². The molecule has 0 spiro atoms.